The van der Waals surface area contributed by atoms with E-state index in [2.05, 4.69) is 0 Å². The summed E-state index contributed by atoms with van der Waals surface area (Å²) in [5.74, 6) is -2.26. The molecule has 4 N–H and O–H groups in total. The van der Waals surface area contributed by atoms with Crippen molar-refractivity contribution in [2.24, 2.45) is 0 Å². The average Bonchev–Trinajstić information content (AvgIpc) is 2.69. The molecule has 0 saturated heterocycles. The minimum atomic E-state index is -5.27. The Labute approximate surface area is 222 Å². The molecule has 0 atom stereocenters. The Morgan fingerprint density at radius 1 is 0.857 bits per heavy atom. The Bertz CT molecular complexity index is 1730. The minimum Gasteiger partial charge on any atom is -0.744 e. The van der Waals surface area contributed by atoms with Gasteiger partial charge in [-0.25, -0.2) is 16.8 Å². The number of rotatable bonds is 4. The van der Waals surface area contributed by atoms with Crippen LogP contribution < -0.4 is 59.3 Å². The molecular weight excluding hydrogens is 490 g/mol. The predicted molar refractivity (Wildman–Crippen MR) is 108 cm³/mol. The molecule has 170 valence electrons. The Balaban J connectivity index is 0.00000216. The first kappa shape index (κ1) is 28.7. The van der Waals surface area contributed by atoms with E-state index in [9.17, 15) is 35.8 Å². The van der Waals surface area contributed by atoms with Crippen LogP contribution in [-0.2, 0) is 20.2 Å². The molecule has 1 aliphatic heterocycles. The van der Waals surface area contributed by atoms with Crippen LogP contribution in [0.1, 0.15) is 10.4 Å². The zero-order chi connectivity index (χ0) is 24.3. The fraction of sp³-hybridized carbons (Fsp3) is 0. The number of carboxylic acids is 1. The van der Waals surface area contributed by atoms with E-state index in [0.29, 0.717) is 0 Å². The third-order valence-corrected chi connectivity index (χ3v) is 6.79. The summed E-state index contributed by atoms with van der Waals surface area (Å²) in [6.07, 6.45) is 0. The van der Waals surface area contributed by atoms with Gasteiger partial charge in [0.1, 0.15) is 25.1 Å². The Kier molecular flexibility index (Phi) is 8.03. The zero-order valence-corrected chi connectivity index (χ0v) is 19.9. The monoisotopic (exact) mass is 502 g/mol. The van der Waals surface area contributed by atoms with E-state index in [-0.39, 0.29) is 65.4 Å². The van der Waals surface area contributed by atoms with E-state index in [4.69, 9.17) is 15.6 Å². The SMILES string of the molecule is Nc1ccc2c(-c3ccccc3C(=O)[O-])c3ccc(=[NH2+])c(S(=O)(=O)[O-])c-3oc2c1S(=O)(=O)[O-].[Li+].[Li+]. The van der Waals surface area contributed by atoms with Crippen LogP contribution in [0.15, 0.2) is 62.7 Å². The number of fused-ring (bicyclic) bond motifs is 2. The van der Waals surface area contributed by atoms with Crippen LogP contribution in [0, 0.1) is 0 Å². The van der Waals surface area contributed by atoms with E-state index in [0.717, 1.165) is 12.1 Å². The van der Waals surface area contributed by atoms with Gasteiger partial charge in [0.15, 0.2) is 16.2 Å². The number of anilines is 1. The van der Waals surface area contributed by atoms with Gasteiger partial charge in [0, 0.05) is 28.1 Å². The summed E-state index contributed by atoms with van der Waals surface area (Å²) < 4.78 is 77.3. The molecule has 0 saturated carbocycles. The largest absolute Gasteiger partial charge is 1.00 e. The molecule has 0 aromatic heterocycles. The van der Waals surface area contributed by atoms with Crippen molar-refractivity contribution in [3.05, 3.63) is 59.5 Å². The number of nitrogens with two attached hydrogens (primary N) is 2. The molecule has 2 aromatic rings. The van der Waals surface area contributed by atoms with E-state index in [1.54, 1.807) is 0 Å². The van der Waals surface area contributed by atoms with Gasteiger partial charge >= 0.3 is 37.7 Å². The van der Waals surface area contributed by atoms with Gasteiger partial charge in [-0.1, -0.05) is 24.3 Å². The first-order chi connectivity index (χ1) is 15.3. The molecule has 0 bridgehead atoms. The summed E-state index contributed by atoms with van der Waals surface area (Å²) in [4.78, 5) is 9.74. The molecule has 35 heavy (non-hydrogen) atoms. The quantitative estimate of drug-likeness (QED) is 0.116. The number of carbonyl (C=O) groups excluding carboxylic acids is 1. The second-order valence-electron chi connectivity index (χ2n) is 6.94. The molecule has 0 fully saturated rings. The van der Waals surface area contributed by atoms with Crippen LogP contribution in [0.2, 0.25) is 0 Å². The molecule has 0 spiro atoms. The Morgan fingerprint density at radius 3 is 2.03 bits per heavy atom. The Morgan fingerprint density at radius 2 is 1.46 bits per heavy atom. The van der Waals surface area contributed by atoms with Crippen LogP contribution >= 0.6 is 0 Å². The number of aromatic carboxylic acids is 1. The van der Waals surface area contributed by atoms with Crippen LogP contribution in [0.25, 0.3) is 33.4 Å². The smallest absolute Gasteiger partial charge is 0.744 e. The summed E-state index contributed by atoms with van der Waals surface area (Å²) in [7, 11) is -10.5. The molecule has 1 aliphatic carbocycles. The van der Waals surface area contributed by atoms with Gasteiger partial charge in [-0.2, -0.15) is 0 Å². The fourth-order valence-corrected chi connectivity index (χ4v) is 5.16. The van der Waals surface area contributed by atoms with Crippen LogP contribution in [-0.4, -0.2) is 31.9 Å². The van der Waals surface area contributed by atoms with Crippen molar-refractivity contribution in [2.75, 3.05) is 5.73 Å². The summed E-state index contributed by atoms with van der Waals surface area (Å²) in [5.41, 5.74) is 4.03. The summed E-state index contributed by atoms with van der Waals surface area (Å²) in [6.45, 7) is 0. The van der Waals surface area contributed by atoms with Crippen molar-refractivity contribution in [3.8, 4) is 22.5 Å². The summed E-state index contributed by atoms with van der Waals surface area (Å²) in [6, 6.07) is 10.2. The summed E-state index contributed by atoms with van der Waals surface area (Å²) >= 11 is 0. The topological polar surface area (TPSA) is 219 Å². The van der Waals surface area contributed by atoms with Gasteiger partial charge in [-0.3, -0.25) is 5.41 Å². The Hall–Kier alpha value is -2.59. The van der Waals surface area contributed by atoms with Crippen LogP contribution in [0.3, 0.4) is 0 Å². The average molecular weight is 502 g/mol. The standard InChI is InChI=1S/C20H14N2O9S2.2Li/c21-13-7-5-11-15(9-3-1-2-4-10(9)20(23)24)12-6-8-14(22)19(33(28,29)30)17(12)31-16(11)18(13)32(25,26)27;;/h1-8,21H,22H2,(H,23,24)(H,25,26,27)(H,28,29,30);;/q;2*+1/p-2. The number of benzene rings is 3. The fourth-order valence-electron chi connectivity index (χ4n) is 3.68. The molecule has 1 heterocycles. The number of hydrogen-bond acceptors (Lipinski definition) is 10. The third-order valence-electron chi connectivity index (χ3n) is 4.94. The van der Waals surface area contributed by atoms with E-state index in [1.165, 1.54) is 36.4 Å². The van der Waals surface area contributed by atoms with Crippen molar-refractivity contribution < 1.29 is 83.4 Å². The van der Waals surface area contributed by atoms with E-state index in [1.807, 2.05) is 0 Å². The second-order valence-corrected chi connectivity index (χ2v) is 9.57. The van der Waals surface area contributed by atoms with Gasteiger partial charge in [0.2, 0.25) is 5.36 Å². The molecule has 11 nitrogen and oxygen atoms in total. The first-order valence-electron chi connectivity index (χ1n) is 8.95. The number of hydrogen-bond donors (Lipinski definition) is 2. The normalized spacial score (nSPS) is 11.6. The molecule has 15 heteroatoms. The molecule has 0 unspecified atom stereocenters. The predicted octanol–water partition coefficient (Wildman–Crippen LogP) is -7.37. The van der Waals surface area contributed by atoms with Crippen molar-refractivity contribution in [1.29, 1.82) is 0 Å². The van der Waals surface area contributed by atoms with Gasteiger partial charge in [-0.05, 0) is 23.8 Å². The number of carboxylic acid groups (broad SMARTS) is 1. The maximum Gasteiger partial charge on any atom is 1.00 e. The number of nitrogen functional groups attached to an aromatic ring is 1. The molecule has 0 amide bonds. The first-order valence-corrected chi connectivity index (χ1v) is 11.8. The third kappa shape index (κ3) is 4.91. The molecule has 4 rings (SSSR count). The van der Waals surface area contributed by atoms with Crippen LogP contribution in [0.4, 0.5) is 5.69 Å². The maximum atomic E-state index is 12.0. The second kappa shape index (κ2) is 9.81. The van der Waals surface area contributed by atoms with Gasteiger partial charge in [0.25, 0.3) is 0 Å². The molecule has 2 aliphatic rings. The van der Waals surface area contributed by atoms with Gasteiger partial charge in [-0.15, -0.1) is 0 Å². The molecule has 0 radical (unpaired) electrons. The van der Waals surface area contributed by atoms with Gasteiger partial charge < -0.3 is 29.2 Å². The minimum absolute atomic E-state index is 0. The van der Waals surface area contributed by atoms with Crippen LogP contribution in [0.5, 0.6) is 0 Å². The van der Waals surface area contributed by atoms with Crippen molar-refractivity contribution in [2.45, 2.75) is 9.79 Å². The molecular formula is C20H12Li2N2O9S2. The van der Waals surface area contributed by atoms with Crippen molar-refractivity contribution in [1.82, 2.24) is 0 Å². The maximum absolute atomic E-state index is 12.0. The number of carbonyl (C=O) groups is 1. The van der Waals surface area contributed by atoms with Crippen molar-refractivity contribution >= 4 is 42.9 Å². The van der Waals surface area contributed by atoms with E-state index >= 15 is 0 Å². The zero-order valence-electron chi connectivity index (χ0n) is 18.3. The molecule has 2 aromatic carbocycles. The van der Waals surface area contributed by atoms with Gasteiger partial charge in [0.05, 0.1) is 11.7 Å². The van der Waals surface area contributed by atoms with Crippen molar-refractivity contribution in [3.63, 3.8) is 0 Å². The summed E-state index contributed by atoms with van der Waals surface area (Å²) in [5, 5.41) is 16.9. The van der Waals surface area contributed by atoms with E-state index < -0.39 is 58.4 Å².